The van der Waals surface area contributed by atoms with Crippen molar-refractivity contribution in [3.8, 4) is 12.3 Å². The van der Waals surface area contributed by atoms with Gasteiger partial charge in [-0.2, -0.15) is 11.8 Å². The molecule has 0 spiro atoms. The molecule has 1 rings (SSSR count). The molecule has 2 nitrogen and oxygen atoms in total. The molecule has 0 aliphatic rings. The summed E-state index contributed by atoms with van der Waals surface area (Å²) >= 11 is 1.70. The molecule has 0 heterocycles. The first-order valence-corrected chi connectivity index (χ1v) is 6.35. The number of terminal acetylenes is 1. The van der Waals surface area contributed by atoms with E-state index in [9.17, 15) is 0 Å². The minimum atomic E-state index is 0.212. The summed E-state index contributed by atoms with van der Waals surface area (Å²) < 4.78 is 0. The van der Waals surface area contributed by atoms with E-state index in [4.69, 9.17) is 11.3 Å². The van der Waals surface area contributed by atoms with Gasteiger partial charge in [0.25, 0.3) is 0 Å². The van der Waals surface area contributed by atoms with E-state index in [0.29, 0.717) is 0 Å². The van der Waals surface area contributed by atoms with Gasteiger partial charge in [-0.25, -0.2) is 0 Å². The highest BCUT2D eigenvalue weighted by Gasteiger charge is 2.03. The molecule has 1 aromatic rings. The van der Waals surface area contributed by atoms with E-state index < -0.39 is 0 Å². The first kappa shape index (κ1) is 12.7. The second-order valence-corrected chi connectivity index (χ2v) is 4.18. The molecule has 0 saturated carbocycles. The smallest absolute Gasteiger partial charge is 0.177 e. The van der Waals surface area contributed by atoms with Gasteiger partial charge in [0.05, 0.1) is 5.71 Å². The molecule has 0 unspecified atom stereocenters. The predicted octanol–water partition coefficient (Wildman–Crippen LogP) is 2.71. The van der Waals surface area contributed by atoms with Crippen LogP contribution < -0.4 is 0 Å². The van der Waals surface area contributed by atoms with Crippen molar-refractivity contribution < 1.29 is 4.84 Å². The Morgan fingerprint density at radius 3 is 2.69 bits per heavy atom. The van der Waals surface area contributed by atoms with Gasteiger partial charge in [0.1, 0.15) is 0 Å². The van der Waals surface area contributed by atoms with E-state index in [1.165, 1.54) is 5.56 Å². The van der Waals surface area contributed by atoms with E-state index in [0.717, 1.165) is 17.0 Å². The van der Waals surface area contributed by atoms with Crippen LogP contribution in [0.5, 0.6) is 0 Å². The molecule has 0 aliphatic carbocycles. The van der Waals surface area contributed by atoms with Crippen LogP contribution in [0.15, 0.2) is 29.4 Å². The van der Waals surface area contributed by atoms with Crippen LogP contribution in [0.1, 0.15) is 11.1 Å². The zero-order valence-corrected chi connectivity index (χ0v) is 10.4. The third-order valence-corrected chi connectivity index (χ3v) is 2.55. The van der Waals surface area contributed by atoms with Crippen LogP contribution in [0.25, 0.3) is 0 Å². The Labute approximate surface area is 101 Å². The number of hydrogen-bond donors (Lipinski definition) is 0. The monoisotopic (exact) mass is 233 g/mol. The normalized spacial score (nSPS) is 10.9. The lowest BCUT2D eigenvalue weighted by atomic mass is 10.1. The fourth-order valence-electron chi connectivity index (χ4n) is 1.19. The van der Waals surface area contributed by atoms with E-state index in [1.54, 1.807) is 11.8 Å². The minimum Gasteiger partial charge on any atom is -0.382 e. The molecule has 0 fully saturated rings. The first-order valence-electron chi connectivity index (χ1n) is 4.96. The molecule has 16 heavy (non-hydrogen) atoms. The summed E-state index contributed by atoms with van der Waals surface area (Å²) in [6.07, 6.45) is 7.13. The standard InChI is InChI=1S/C13H15NOS/c1-4-9-15-14-13(10-16-3)12-7-5-11(2)6-8-12/h1,5-8H,9-10H2,2-3H3. The quantitative estimate of drug-likeness (QED) is 0.337. The average Bonchev–Trinajstić information content (AvgIpc) is 2.29. The van der Waals surface area contributed by atoms with E-state index >= 15 is 0 Å². The summed E-state index contributed by atoms with van der Waals surface area (Å²) in [5.74, 6) is 3.20. The Balaban J connectivity index is 2.81. The van der Waals surface area contributed by atoms with Crippen molar-refractivity contribution in [2.24, 2.45) is 5.16 Å². The van der Waals surface area contributed by atoms with Gasteiger partial charge in [-0.3, -0.25) is 0 Å². The molecule has 0 saturated heterocycles. The highest BCUT2D eigenvalue weighted by Crippen LogP contribution is 2.08. The van der Waals surface area contributed by atoms with Gasteiger partial charge in [0.2, 0.25) is 0 Å². The van der Waals surface area contributed by atoms with Crippen LogP contribution in [0.4, 0.5) is 0 Å². The SMILES string of the molecule is C#CCON=C(CSC)c1ccc(C)cc1. The molecule has 0 atom stereocenters. The first-order chi connectivity index (χ1) is 7.77. The molecule has 0 aromatic heterocycles. The number of rotatable bonds is 5. The highest BCUT2D eigenvalue weighted by atomic mass is 32.2. The summed E-state index contributed by atoms with van der Waals surface area (Å²) in [5, 5.41) is 4.06. The summed E-state index contributed by atoms with van der Waals surface area (Å²) in [6, 6.07) is 8.21. The van der Waals surface area contributed by atoms with Crippen LogP contribution >= 0.6 is 11.8 Å². The molecule has 0 bridgehead atoms. The Morgan fingerprint density at radius 2 is 2.12 bits per heavy atom. The molecule has 0 aliphatic heterocycles. The molecule has 0 amide bonds. The fourth-order valence-corrected chi connectivity index (χ4v) is 1.69. The van der Waals surface area contributed by atoms with Gasteiger partial charge in [-0.15, -0.1) is 6.42 Å². The maximum absolute atomic E-state index is 5.10. The van der Waals surface area contributed by atoms with Gasteiger partial charge in [0, 0.05) is 11.3 Å². The lowest BCUT2D eigenvalue weighted by Gasteiger charge is -2.05. The average molecular weight is 233 g/mol. The van der Waals surface area contributed by atoms with Crippen LogP contribution in [0.3, 0.4) is 0 Å². The van der Waals surface area contributed by atoms with Crippen molar-refractivity contribution in [1.82, 2.24) is 0 Å². The summed E-state index contributed by atoms with van der Waals surface area (Å²) in [6.45, 7) is 2.27. The number of hydrogen-bond acceptors (Lipinski definition) is 3. The van der Waals surface area contributed by atoms with Crippen molar-refractivity contribution >= 4 is 17.5 Å². The third-order valence-electron chi connectivity index (χ3n) is 1.99. The van der Waals surface area contributed by atoms with Crippen LogP contribution in [-0.4, -0.2) is 24.3 Å². The number of oxime groups is 1. The van der Waals surface area contributed by atoms with E-state index in [1.807, 2.05) is 18.4 Å². The number of benzene rings is 1. The van der Waals surface area contributed by atoms with Gasteiger partial charge in [-0.05, 0) is 13.2 Å². The van der Waals surface area contributed by atoms with Crippen molar-refractivity contribution in [3.63, 3.8) is 0 Å². The van der Waals surface area contributed by atoms with Crippen LogP contribution in [-0.2, 0) is 4.84 Å². The fraction of sp³-hybridized carbons (Fsp3) is 0.308. The lowest BCUT2D eigenvalue weighted by Crippen LogP contribution is -2.05. The second-order valence-electron chi connectivity index (χ2n) is 3.31. The Bertz CT molecular complexity index is 389. The lowest BCUT2D eigenvalue weighted by molar-refractivity contribution is 0.180. The summed E-state index contributed by atoms with van der Waals surface area (Å²) in [5.41, 5.74) is 3.23. The number of thioether (sulfide) groups is 1. The van der Waals surface area contributed by atoms with Gasteiger partial charge >= 0.3 is 0 Å². The molecular formula is C13H15NOS. The third kappa shape index (κ3) is 4.00. The Morgan fingerprint density at radius 1 is 1.44 bits per heavy atom. The predicted molar refractivity (Wildman–Crippen MR) is 70.9 cm³/mol. The number of aryl methyl sites for hydroxylation is 1. The van der Waals surface area contributed by atoms with Crippen LogP contribution in [0, 0.1) is 19.3 Å². The summed E-state index contributed by atoms with van der Waals surface area (Å²) in [7, 11) is 0. The molecular weight excluding hydrogens is 218 g/mol. The topological polar surface area (TPSA) is 21.6 Å². The maximum Gasteiger partial charge on any atom is 0.177 e. The van der Waals surface area contributed by atoms with Crippen molar-refractivity contribution in [2.45, 2.75) is 6.92 Å². The van der Waals surface area contributed by atoms with Crippen molar-refractivity contribution in [3.05, 3.63) is 35.4 Å². The van der Waals surface area contributed by atoms with Crippen molar-refractivity contribution in [1.29, 1.82) is 0 Å². The minimum absolute atomic E-state index is 0.212. The number of nitrogens with zero attached hydrogens (tertiary/aromatic N) is 1. The van der Waals surface area contributed by atoms with Gasteiger partial charge < -0.3 is 4.84 Å². The van der Waals surface area contributed by atoms with E-state index in [-0.39, 0.29) is 6.61 Å². The maximum atomic E-state index is 5.10. The molecule has 1 aromatic carbocycles. The molecule has 84 valence electrons. The Hall–Kier alpha value is -1.40. The molecule has 3 heteroatoms. The molecule has 0 N–H and O–H groups in total. The zero-order chi connectivity index (χ0) is 11.8. The summed E-state index contributed by atoms with van der Waals surface area (Å²) in [4.78, 5) is 5.02. The molecule has 0 radical (unpaired) electrons. The van der Waals surface area contributed by atoms with E-state index in [2.05, 4.69) is 30.1 Å². The highest BCUT2D eigenvalue weighted by molar-refractivity contribution is 7.99. The van der Waals surface area contributed by atoms with Gasteiger partial charge in [-0.1, -0.05) is 40.9 Å². The largest absolute Gasteiger partial charge is 0.382 e. The Kier molecular flexibility index (Phi) is 5.52. The van der Waals surface area contributed by atoms with Crippen molar-refractivity contribution in [2.75, 3.05) is 18.6 Å². The zero-order valence-electron chi connectivity index (χ0n) is 9.56. The second kappa shape index (κ2) is 6.97. The van der Waals surface area contributed by atoms with Gasteiger partial charge in [0.15, 0.2) is 6.61 Å². The van der Waals surface area contributed by atoms with Crippen LogP contribution in [0.2, 0.25) is 0 Å².